The van der Waals surface area contributed by atoms with Crippen LogP contribution in [0.2, 0.25) is 0 Å². The van der Waals surface area contributed by atoms with Crippen molar-refractivity contribution in [3.8, 4) is 0 Å². The third kappa shape index (κ3) is 3.00. The van der Waals surface area contributed by atoms with E-state index in [1.165, 1.54) is 11.0 Å². The van der Waals surface area contributed by atoms with E-state index in [4.69, 9.17) is 14.3 Å². The molecule has 1 aliphatic rings. The lowest BCUT2D eigenvalue weighted by Gasteiger charge is -2.41. The zero-order valence-corrected chi connectivity index (χ0v) is 11.3. The highest BCUT2D eigenvalue weighted by atomic mass is 16.5. The van der Waals surface area contributed by atoms with Gasteiger partial charge in [0, 0.05) is 19.2 Å². The fourth-order valence-corrected chi connectivity index (χ4v) is 2.26. The number of aromatic carboxylic acids is 1. The van der Waals surface area contributed by atoms with E-state index < -0.39 is 23.6 Å². The summed E-state index contributed by atoms with van der Waals surface area (Å²) in [5, 5.41) is 18.0. The quantitative estimate of drug-likeness (QED) is 0.842. The molecule has 1 aromatic rings. The molecule has 2 rings (SSSR count). The summed E-state index contributed by atoms with van der Waals surface area (Å²) >= 11 is 0. The molecule has 7 nitrogen and oxygen atoms in total. The number of carboxylic acid groups (broad SMARTS) is 1. The summed E-state index contributed by atoms with van der Waals surface area (Å²) < 4.78 is 10.6. The maximum absolute atomic E-state index is 12.3. The van der Waals surface area contributed by atoms with Crippen LogP contribution in [0.5, 0.6) is 0 Å². The van der Waals surface area contributed by atoms with Gasteiger partial charge in [-0.2, -0.15) is 0 Å². The van der Waals surface area contributed by atoms with Gasteiger partial charge in [-0.15, -0.1) is 0 Å². The Morgan fingerprint density at radius 3 is 2.75 bits per heavy atom. The van der Waals surface area contributed by atoms with Crippen LogP contribution >= 0.6 is 0 Å². The number of hydrogen-bond acceptors (Lipinski definition) is 5. The van der Waals surface area contributed by atoms with Crippen molar-refractivity contribution in [1.82, 2.24) is 4.90 Å². The molecule has 0 spiro atoms. The fourth-order valence-electron chi connectivity index (χ4n) is 2.26. The van der Waals surface area contributed by atoms with E-state index >= 15 is 0 Å². The molecule has 0 saturated carbocycles. The van der Waals surface area contributed by atoms with E-state index in [0.717, 1.165) is 6.26 Å². The molecule has 1 saturated heterocycles. The molecule has 2 heterocycles. The van der Waals surface area contributed by atoms with Crippen molar-refractivity contribution in [3.63, 3.8) is 0 Å². The Balaban J connectivity index is 2.16. The number of carbonyl (C=O) groups is 2. The minimum Gasteiger partial charge on any atom is -0.478 e. The Morgan fingerprint density at radius 1 is 1.50 bits per heavy atom. The lowest BCUT2D eigenvalue weighted by atomic mass is 10.0. The van der Waals surface area contributed by atoms with Crippen molar-refractivity contribution >= 4 is 11.9 Å². The number of carboxylic acids is 1. The minimum absolute atomic E-state index is 0.0308. The van der Waals surface area contributed by atoms with Crippen LogP contribution in [-0.4, -0.2) is 58.4 Å². The monoisotopic (exact) mass is 283 g/mol. The zero-order chi connectivity index (χ0) is 14.9. The van der Waals surface area contributed by atoms with Crippen molar-refractivity contribution in [2.45, 2.75) is 25.6 Å². The van der Waals surface area contributed by atoms with Crippen molar-refractivity contribution in [3.05, 3.63) is 23.7 Å². The predicted molar refractivity (Wildman–Crippen MR) is 67.6 cm³/mol. The predicted octanol–water partition coefficient (Wildman–Crippen LogP) is 0.590. The van der Waals surface area contributed by atoms with Gasteiger partial charge >= 0.3 is 5.97 Å². The van der Waals surface area contributed by atoms with Crippen molar-refractivity contribution < 1.29 is 29.0 Å². The van der Waals surface area contributed by atoms with Crippen LogP contribution in [0.4, 0.5) is 0 Å². The van der Waals surface area contributed by atoms with Crippen LogP contribution in [0.15, 0.2) is 16.7 Å². The number of ether oxygens (including phenoxy) is 1. The molecule has 0 bridgehead atoms. The number of hydrogen-bond donors (Lipinski definition) is 2. The molecule has 0 aliphatic carbocycles. The highest BCUT2D eigenvalue weighted by Gasteiger charge is 2.36. The second-order valence-electron chi connectivity index (χ2n) is 5.37. The van der Waals surface area contributed by atoms with Crippen LogP contribution in [-0.2, 0) is 4.74 Å². The lowest BCUT2D eigenvalue weighted by molar-refractivity contribution is -0.139. The van der Waals surface area contributed by atoms with Crippen molar-refractivity contribution in [2.75, 3.05) is 19.7 Å². The summed E-state index contributed by atoms with van der Waals surface area (Å²) in [6, 6.07) is 1.20. The molecule has 1 aliphatic heterocycles. The number of rotatable bonds is 3. The average Bonchev–Trinajstić information content (AvgIpc) is 2.85. The van der Waals surface area contributed by atoms with E-state index in [-0.39, 0.29) is 24.5 Å². The second-order valence-corrected chi connectivity index (χ2v) is 5.37. The number of amides is 1. The number of carbonyl (C=O) groups excluding carboxylic acids is 1. The van der Waals surface area contributed by atoms with Crippen LogP contribution in [0.1, 0.15) is 34.8 Å². The normalized spacial score (nSPS) is 21.8. The SMILES string of the molecule is CC1(C)CN(C(=O)c2cc(C(=O)O)co2)CC(CO)O1. The molecular weight excluding hydrogens is 266 g/mol. The van der Waals surface area contributed by atoms with Gasteiger partial charge in [0.25, 0.3) is 5.91 Å². The summed E-state index contributed by atoms with van der Waals surface area (Å²) in [4.78, 5) is 24.6. The number of aliphatic hydroxyl groups excluding tert-OH is 1. The molecule has 110 valence electrons. The van der Waals surface area contributed by atoms with E-state index in [2.05, 4.69) is 0 Å². The summed E-state index contributed by atoms with van der Waals surface area (Å²) in [6.45, 7) is 4.03. The maximum atomic E-state index is 12.3. The first-order valence-electron chi connectivity index (χ1n) is 6.22. The molecule has 1 unspecified atom stereocenters. The first kappa shape index (κ1) is 14.5. The third-order valence-electron chi connectivity index (χ3n) is 3.03. The first-order chi connectivity index (χ1) is 9.32. The van der Waals surface area contributed by atoms with Gasteiger partial charge in [-0.25, -0.2) is 4.79 Å². The fraction of sp³-hybridized carbons (Fsp3) is 0.538. The van der Waals surface area contributed by atoms with Crippen LogP contribution in [0.3, 0.4) is 0 Å². The Morgan fingerprint density at radius 2 is 2.20 bits per heavy atom. The van der Waals surface area contributed by atoms with Crippen molar-refractivity contribution in [2.24, 2.45) is 0 Å². The van der Waals surface area contributed by atoms with E-state index in [1.54, 1.807) is 0 Å². The lowest BCUT2D eigenvalue weighted by Crippen LogP contribution is -2.55. The average molecular weight is 283 g/mol. The molecule has 0 aromatic carbocycles. The molecule has 2 N–H and O–H groups in total. The molecule has 1 amide bonds. The molecular formula is C13H17NO6. The smallest absolute Gasteiger partial charge is 0.338 e. The highest BCUT2D eigenvalue weighted by Crippen LogP contribution is 2.23. The number of nitrogens with zero attached hydrogens (tertiary/aromatic N) is 1. The van der Waals surface area contributed by atoms with Gasteiger partial charge in [0.2, 0.25) is 0 Å². The first-order valence-corrected chi connectivity index (χ1v) is 6.22. The molecule has 1 atom stereocenters. The van der Waals surface area contributed by atoms with Crippen LogP contribution < -0.4 is 0 Å². The Hall–Kier alpha value is -1.86. The van der Waals surface area contributed by atoms with Crippen LogP contribution in [0, 0.1) is 0 Å². The zero-order valence-electron chi connectivity index (χ0n) is 11.3. The van der Waals surface area contributed by atoms with Gasteiger partial charge in [-0.05, 0) is 13.8 Å². The van der Waals surface area contributed by atoms with Crippen LogP contribution in [0.25, 0.3) is 0 Å². The molecule has 1 fully saturated rings. The molecule has 7 heteroatoms. The molecule has 1 aromatic heterocycles. The van der Waals surface area contributed by atoms with Gasteiger partial charge in [-0.3, -0.25) is 4.79 Å². The highest BCUT2D eigenvalue weighted by molar-refractivity contribution is 5.95. The minimum atomic E-state index is -1.15. The molecule has 0 radical (unpaired) electrons. The Bertz CT molecular complexity index is 521. The summed E-state index contributed by atoms with van der Waals surface area (Å²) in [5.74, 6) is -1.59. The topological polar surface area (TPSA) is 100 Å². The standard InChI is InChI=1S/C13H17NO6/c1-13(2)7-14(4-9(5-15)20-13)11(16)10-3-8(6-19-10)12(17)18/h3,6,9,15H,4-5,7H2,1-2H3,(H,17,18). The van der Waals surface area contributed by atoms with Crippen molar-refractivity contribution in [1.29, 1.82) is 0 Å². The second kappa shape index (κ2) is 5.26. The number of aliphatic hydroxyl groups is 1. The summed E-state index contributed by atoms with van der Waals surface area (Å²) in [6.07, 6.45) is 0.571. The largest absolute Gasteiger partial charge is 0.478 e. The third-order valence-corrected chi connectivity index (χ3v) is 3.03. The van der Waals surface area contributed by atoms with Gasteiger partial charge in [0.05, 0.1) is 23.9 Å². The van der Waals surface area contributed by atoms with Gasteiger partial charge < -0.3 is 24.3 Å². The van der Waals surface area contributed by atoms with E-state index in [9.17, 15) is 14.7 Å². The Kier molecular flexibility index (Phi) is 3.82. The number of furan rings is 1. The van der Waals surface area contributed by atoms with E-state index in [0.29, 0.717) is 6.54 Å². The maximum Gasteiger partial charge on any atom is 0.338 e. The van der Waals surface area contributed by atoms with Gasteiger partial charge in [0.15, 0.2) is 5.76 Å². The van der Waals surface area contributed by atoms with E-state index in [1.807, 2.05) is 13.8 Å². The Labute approximate surface area is 115 Å². The number of morpholine rings is 1. The van der Waals surface area contributed by atoms with Gasteiger partial charge in [0.1, 0.15) is 6.26 Å². The van der Waals surface area contributed by atoms with Gasteiger partial charge in [-0.1, -0.05) is 0 Å². The summed E-state index contributed by atoms with van der Waals surface area (Å²) in [5.41, 5.74) is -0.650. The summed E-state index contributed by atoms with van der Waals surface area (Å²) in [7, 11) is 0. The molecule has 20 heavy (non-hydrogen) atoms.